The van der Waals surface area contributed by atoms with Gasteiger partial charge in [0.2, 0.25) is 0 Å². The summed E-state index contributed by atoms with van der Waals surface area (Å²) < 4.78 is 1.22. The lowest BCUT2D eigenvalue weighted by Gasteiger charge is -2.15. The van der Waals surface area contributed by atoms with Crippen molar-refractivity contribution in [2.75, 3.05) is 5.32 Å². The van der Waals surface area contributed by atoms with Gasteiger partial charge in [0.25, 0.3) is 11.8 Å². The average Bonchev–Trinajstić information content (AvgIpc) is 3.52. The van der Waals surface area contributed by atoms with Crippen LogP contribution in [0.1, 0.15) is 44.8 Å². The number of benzene rings is 1. The molecule has 0 spiro atoms. The quantitative estimate of drug-likeness (QED) is 0.564. The molecule has 1 aliphatic carbocycles. The van der Waals surface area contributed by atoms with Gasteiger partial charge in [0.05, 0.1) is 27.9 Å². The first-order valence-corrected chi connectivity index (χ1v) is 10.4. The summed E-state index contributed by atoms with van der Waals surface area (Å²) in [6, 6.07) is 9.71. The highest BCUT2D eigenvalue weighted by Crippen LogP contribution is 2.28. The minimum atomic E-state index is -0.598. The topological polar surface area (TPSA) is 113 Å². The molecular weight excluding hydrogens is 451 g/mol. The van der Waals surface area contributed by atoms with Crippen molar-refractivity contribution in [3.05, 3.63) is 75.7 Å². The van der Waals surface area contributed by atoms with Crippen molar-refractivity contribution in [2.24, 2.45) is 0 Å². The van der Waals surface area contributed by atoms with Gasteiger partial charge >= 0.3 is 0 Å². The number of carbonyl (C=O) groups is 2. The first-order valence-electron chi connectivity index (χ1n) is 9.60. The maximum absolute atomic E-state index is 13.2. The second kappa shape index (κ2) is 8.83. The van der Waals surface area contributed by atoms with Gasteiger partial charge in [-0.3, -0.25) is 9.59 Å². The van der Waals surface area contributed by atoms with Crippen molar-refractivity contribution in [3.8, 4) is 11.9 Å². The third-order valence-corrected chi connectivity index (χ3v) is 5.25. The molecule has 10 heteroatoms. The van der Waals surface area contributed by atoms with E-state index < -0.39 is 5.91 Å². The lowest BCUT2D eigenvalue weighted by Crippen LogP contribution is -2.28. The molecule has 0 aliphatic heterocycles. The highest BCUT2D eigenvalue weighted by atomic mass is 35.5. The van der Waals surface area contributed by atoms with Crippen LogP contribution in [0.4, 0.5) is 5.69 Å². The van der Waals surface area contributed by atoms with Gasteiger partial charge in [-0.2, -0.15) is 10.4 Å². The first kappa shape index (κ1) is 21.6. The second-order valence-corrected chi connectivity index (χ2v) is 7.87. The van der Waals surface area contributed by atoms with Crippen molar-refractivity contribution in [2.45, 2.75) is 18.9 Å². The minimum absolute atomic E-state index is 0.0588. The van der Waals surface area contributed by atoms with Crippen LogP contribution in [-0.2, 0) is 0 Å². The van der Waals surface area contributed by atoms with Gasteiger partial charge in [-0.05, 0) is 42.7 Å². The van der Waals surface area contributed by atoms with Gasteiger partial charge < -0.3 is 10.6 Å². The Kier molecular flexibility index (Phi) is 5.95. The number of amides is 2. The van der Waals surface area contributed by atoms with Gasteiger partial charge in [0, 0.05) is 18.3 Å². The Bertz CT molecular complexity index is 1290. The molecular formula is C22H16Cl2N6O2. The molecule has 3 aromatic rings. The molecule has 160 valence electrons. The maximum atomic E-state index is 13.2. The second-order valence-electron chi connectivity index (χ2n) is 7.08. The summed E-state index contributed by atoms with van der Waals surface area (Å²) in [5.41, 5.74) is 1.13. The van der Waals surface area contributed by atoms with Crippen molar-refractivity contribution < 1.29 is 9.59 Å². The molecule has 1 aliphatic rings. The number of hydrogen-bond donors (Lipinski definition) is 2. The highest BCUT2D eigenvalue weighted by molar-refractivity contribution is 6.32. The van der Waals surface area contributed by atoms with Crippen molar-refractivity contribution >= 4 is 46.8 Å². The summed E-state index contributed by atoms with van der Waals surface area (Å²) >= 11 is 12.3. The Morgan fingerprint density at radius 2 is 2.03 bits per heavy atom. The number of pyridine rings is 1. The number of nitriles is 1. The molecule has 32 heavy (non-hydrogen) atoms. The summed E-state index contributed by atoms with van der Waals surface area (Å²) in [5, 5.41) is 19.4. The smallest absolute Gasteiger partial charge is 0.274 e. The normalized spacial score (nSPS) is 12.7. The van der Waals surface area contributed by atoms with Gasteiger partial charge in [0.15, 0.2) is 11.0 Å². The molecule has 0 atom stereocenters. The van der Waals surface area contributed by atoms with E-state index in [-0.39, 0.29) is 50.5 Å². The molecule has 1 saturated carbocycles. The third-order valence-electron chi connectivity index (χ3n) is 4.77. The number of aromatic nitrogens is 3. The molecule has 2 amide bonds. The number of hydrogen-bond acceptors (Lipinski definition) is 5. The van der Waals surface area contributed by atoms with Crippen LogP contribution in [0.3, 0.4) is 0 Å². The van der Waals surface area contributed by atoms with E-state index in [0.717, 1.165) is 12.8 Å². The van der Waals surface area contributed by atoms with E-state index in [1.165, 1.54) is 35.2 Å². The number of nitrogens with one attached hydrogen (secondary N) is 2. The Balaban J connectivity index is 1.76. The molecule has 0 saturated heterocycles. The summed E-state index contributed by atoms with van der Waals surface area (Å²) in [7, 11) is 0. The Morgan fingerprint density at radius 3 is 2.69 bits per heavy atom. The Hall–Kier alpha value is -3.67. The van der Waals surface area contributed by atoms with E-state index in [4.69, 9.17) is 23.2 Å². The van der Waals surface area contributed by atoms with Crippen LogP contribution in [0.25, 0.3) is 11.9 Å². The summed E-state index contributed by atoms with van der Waals surface area (Å²) in [6.07, 6.45) is 4.75. The lowest BCUT2D eigenvalue weighted by atomic mass is 10.0. The van der Waals surface area contributed by atoms with E-state index in [1.807, 2.05) is 6.07 Å². The summed E-state index contributed by atoms with van der Waals surface area (Å²) in [5.74, 6) is -0.761. The number of rotatable bonds is 6. The molecule has 8 nitrogen and oxygen atoms in total. The van der Waals surface area contributed by atoms with Gasteiger partial charge in [0.1, 0.15) is 5.69 Å². The highest BCUT2D eigenvalue weighted by Gasteiger charge is 2.27. The summed E-state index contributed by atoms with van der Waals surface area (Å²) in [4.78, 5) is 30.2. The average molecular weight is 467 g/mol. The minimum Gasteiger partial charge on any atom is -0.349 e. The molecule has 2 N–H and O–H groups in total. The monoisotopic (exact) mass is 466 g/mol. The molecule has 1 fully saturated rings. The fourth-order valence-corrected chi connectivity index (χ4v) is 3.47. The van der Waals surface area contributed by atoms with Crippen LogP contribution < -0.4 is 10.6 Å². The van der Waals surface area contributed by atoms with Gasteiger partial charge in [-0.1, -0.05) is 35.9 Å². The van der Waals surface area contributed by atoms with Crippen LogP contribution in [0, 0.1) is 11.3 Å². The van der Waals surface area contributed by atoms with Crippen LogP contribution in [-0.4, -0.2) is 32.6 Å². The summed E-state index contributed by atoms with van der Waals surface area (Å²) in [6.45, 7) is 3.74. The number of halogens is 2. The fraction of sp³-hybridized carbons (Fsp3) is 0.136. The molecule has 0 unspecified atom stereocenters. The SMILES string of the molecule is C=Cc1cc(C#N)cc(C(=O)NC2CC2)c1NC(=O)c1cc(Cl)nn1-c1ncccc1Cl. The zero-order valence-corrected chi connectivity index (χ0v) is 18.1. The maximum Gasteiger partial charge on any atom is 0.274 e. The van der Waals surface area contributed by atoms with Crippen LogP contribution in [0.5, 0.6) is 0 Å². The molecule has 1 aromatic carbocycles. The van der Waals surface area contributed by atoms with Gasteiger partial charge in [-0.15, -0.1) is 0 Å². The third kappa shape index (κ3) is 4.35. The fourth-order valence-electron chi connectivity index (χ4n) is 3.09. The van der Waals surface area contributed by atoms with E-state index in [9.17, 15) is 14.9 Å². The molecule has 4 rings (SSSR count). The van der Waals surface area contributed by atoms with E-state index in [1.54, 1.807) is 12.1 Å². The standard InChI is InChI=1S/C22H16Cl2N6O2/c1-2-13-8-12(11-25)9-15(21(31)27-14-5-6-14)19(13)28-22(32)17-10-18(24)29-30(17)20-16(23)4-3-7-26-20/h2-4,7-10,14H,1,5-6H2,(H,27,31)(H,28,32). The molecule has 0 bridgehead atoms. The predicted octanol–water partition coefficient (Wildman–Crippen LogP) is 4.23. The van der Waals surface area contributed by atoms with E-state index in [2.05, 4.69) is 27.3 Å². The number of anilines is 1. The Morgan fingerprint density at radius 1 is 1.25 bits per heavy atom. The molecule has 2 heterocycles. The lowest BCUT2D eigenvalue weighted by molar-refractivity contribution is 0.0952. The molecule has 0 radical (unpaired) electrons. The van der Waals surface area contributed by atoms with E-state index >= 15 is 0 Å². The largest absolute Gasteiger partial charge is 0.349 e. The predicted molar refractivity (Wildman–Crippen MR) is 121 cm³/mol. The number of carbonyl (C=O) groups excluding carboxylic acids is 2. The zero-order valence-electron chi connectivity index (χ0n) is 16.6. The van der Waals surface area contributed by atoms with Gasteiger partial charge in [-0.25, -0.2) is 9.67 Å². The Labute approximate surface area is 193 Å². The van der Waals surface area contributed by atoms with Crippen molar-refractivity contribution in [1.82, 2.24) is 20.1 Å². The zero-order chi connectivity index (χ0) is 22.8. The molecule has 2 aromatic heterocycles. The number of nitrogens with zero attached hydrogens (tertiary/aromatic N) is 4. The van der Waals surface area contributed by atoms with Crippen molar-refractivity contribution in [1.29, 1.82) is 5.26 Å². The van der Waals surface area contributed by atoms with Crippen molar-refractivity contribution in [3.63, 3.8) is 0 Å². The first-order chi connectivity index (χ1) is 15.4. The van der Waals surface area contributed by atoms with Crippen LogP contribution in [0.15, 0.2) is 43.1 Å². The van der Waals surface area contributed by atoms with E-state index in [0.29, 0.717) is 5.56 Å². The van der Waals surface area contributed by atoms with Crippen LogP contribution in [0.2, 0.25) is 10.2 Å². The van der Waals surface area contributed by atoms with Crippen LogP contribution >= 0.6 is 23.2 Å².